The molecule has 6 heteroatoms. The van der Waals surface area contributed by atoms with E-state index in [-0.39, 0.29) is 5.41 Å². The van der Waals surface area contributed by atoms with Gasteiger partial charge in [-0.1, -0.05) is 6.92 Å². The molecular formula is C16H25N5O. The quantitative estimate of drug-likeness (QED) is 0.841. The number of hydrogen-bond donors (Lipinski definition) is 2. The number of nitrogen functional groups attached to an aromatic ring is 1. The first kappa shape index (κ1) is 14.2. The lowest BCUT2D eigenvalue weighted by Crippen LogP contribution is -2.33. The molecule has 0 saturated carbocycles. The maximum atomic E-state index is 6.02. The van der Waals surface area contributed by atoms with Crippen LogP contribution < -0.4 is 16.0 Å². The molecule has 4 heterocycles. The molecule has 0 radical (unpaired) electrons. The van der Waals surface area contributed by atoms with E-state index in [2.05, 4.69) is 33.2 Å². The van der Waals surface area contributed by atoms with E-state index in [1.165, 1.54) is 0 Å². The predicted molar refractivity (Wildman–Crippen MR) is 85.9 cm³/mol. The average Bonchev–Trinajstić information content (AvgIpc) is 3.08. The largest absolute Gasteiger partial charge is 0.381 e. The van der Waals surface area contributed by atoms with Crippen LogP contribution in [0.2, 0.25) is 0 Å². The molecule has 120 valence electrons. The van der Waals surface area contributed by atoms with E-state index < -0.39 is 0 Å². The van der Waals surface area contributed by atoms with Gasteiger partial charge in [0, 0.05) is 50.9 Å². The fraction of sp³-hybridized carbons (Fsp3) is 0.750. The monoisotopic (exact) mass is 303 g/mol. The van der Waals surface area contributed by atoms with E-state index in [9.17, 15) is 0 Å². The molecule has 0 aromatic carbocycles. The molecular weight excluding hydrogens is 278 g/mol. The first-order valence-electron chi connectivity index (χ1n) is 8.32. The molecule has 0 aliphatic carbocycles. The van der Waals surface area contributed by atoms with Crippen LogP contribution in [-0.4, -0.2) is 49.4 Å². The van der Waals surface area contributed by atoms with Gasteiger partial charge in [-0.2, -0.15) is 4.98 Å². The van der Waals surface area contributed by atoms with Gasteiger partial charge in [0.25, 0.3) is 0 Å². The van der Waals surface area contributed by atoms with Gasteiger partial charge >= 0.3 is 0 Å². The van der Waals surface area contributed by atoms with Crippen molar-refractivity contribution >= 4 is 11.8 Å². The first-order valence-corrected chi connectivity index (χ1v) is 8.32. The van der Waals surface area contributed by atoms with Crippen LogP contribution in [0.4, 0.5) is 11.8 Å². The smallest absolute Gasteiger partial charge is 0.222 e. The van der Waals surface area contributed by atoms with E-state index in [0.29, 0.717) is 5.95 Å². The van der Waals surface area contributed by atoms with E-state index >= 15 is 0 Å². The van der Waals surface area contributed by atoms with Crippen LogP contribution in [0.5, 0.6) is 0 Å². The number of fused-ring (bicyclic) bond motifs is 1. The van der Waals surface area contributed by atoms with Gasteiger partial charge in [-0.05, 0) is 24.7 Å². The lowest BCUT2D eigenvalue weighted by Gasteiger charge is -2.33. The van der Waals surface area contributed by atoms with Crippen LogP contribution in [-0.2, 0) is 10.2 Å². The van der Waals surface area contributed by atoms with Crippen LogP contribution in [0.3, 0.4) is 0 Å². The Morgan fingerprint density at radius 2 is 1.91 bits per heavy atom. The van der Waals surface area contributed by atoms with E-state index in [0.717, 1.165) is 75.6 Å². The number of aromatic nitrogens is 2. The number of nitrogens with two attached hydrogens (primary N) is 1. The fourth-order valence-corrected chi connectivity index (χ4v) is 4.04. The molecule has 1 aromatic rings. The van der Waals surface area contributed by atoms with Gasteiger partial charge in [-0.3, -0.25) is 0 Å². The van der Waals surface area contributed by atoms with Gasteiger partial charge in [0.15, 0.2) is 0 Å². The van der Waals surface area contributed by atoms with E-state index in [4.69, 9.17) is 10.5 Å². The summed E-state index contributed by atoms with van der Waals surface area (Å²) in [7, 11) is 0. The van der Waals surface area contributed by atoms with Crippen LogP contribution in [0, 0.1) is 11.8 Å². The van der Waals surface area contributed by atoms with Crippen molar-refractivity contribution in [3.63, 3.8) is 0 Å². The van der Waals surface area contributed by atoms with Crippen LogP contribution in [0.15, 0.2) is 6.07 Å². The van der Waals surface area contributed by atoms with Gasteiger partial charge in [0.1, 0.15) is 5.82 Å². The Hall–Kier alpha value is -1.40. The number of hydrogen-bond acceptors (Lipinski definition) is 6. The number of anilines is 2. The Labute approximate surface area is 131 Å². The summed E-state index contributed by atoms with van der Waals surface area (Å²) in [4.78, 5) is 11.4. The Bertz CT molecular complexity index is 545. The number of nitrogens with zero attached hydrogens (tertiary/aromatic N) is 3. The average molecular weight is 303 g/mol. The maximum absolute atomic E-state index is 6.02. The highest BCUT2D eigenvalue weighted by atomic mass is 16.5. The maximum Gasteiger partial charge on any atom is 0.222 e. The van der Waals surface area contributed by atoms with Gasteiger partial charge in [0.05, 0.1) is 5.69 Å². The zero-order valence-electron chi connectivity index (χ0n) is 13.2. The Balaban J connectivity index is 1.61. The third kappa shape index (κ3) is 2.44. The standard InChI is InChI=1S/C16H25N5O/c1-16(2-4-22-5-3-16)13-6-14(20-15(17)19-13)21-9-11-7-18-8-12(11)10-21/h6,11-12,18H,2-5,7-10H2,1H3,(H2,17,19,20)/t11-,12+. The van der Waals surface area contributed by atoms with Crippen molar-refractivity contribution in [1.29, 1.82) is 0 Å². The zero-order chi connectivity index (χ0) is 15.2. The highest BCUT2D eigenvalue weighted by Crippen LogP contribution is 2.36. The third-order valence-corrected chi connectivity index (χ3v) is 5.66. The number of nitrogens with one attached hydrogen (secondary N) is 1. The highest BCUT2D eigenvalue weighted by Gasteiger charge is 2.38. The van der Waals surface area contributed by atoms with Crippen LogP contribution in [0.25, 0.3) is 0 Å². The second kappa shape index (κ2) is 5.35. The van der Waals surface area contributed by atoms with Crippen molar-refractivity contribution in [2.45, 2.75) is 25.2 Å². The lowest BCUT2D eigenvalue weighted by molar-refractivity contribution is 0.0551. The Morgan fingerprint density at radius 1 is 1.23 bits per heavy atom. The minimum atomic E-state index is 0.0568. The molecule has 6 nitrogen and oxygen atoms in total. The molecule has 3 fully saturated rings. The van der Waals surface area contributed by atoms with Gasteiger partial charge < -0.3 is 20.7 Å². The SMILES string of the molecule is CC1(c2cc(N3C[C@H]4CNC[C@H]4C3)nc(N)n2)CCOCC1. The summed E-state index contributed by atoms with van der Waals surface area (Å²) in [5.74, 6) is 2.90. The minimum absolute atomic E-state index is 0.0568. The van der Waals surface area contributed by atoms with Crippen molar-refractivity contribution in [1.82, 2.24) is 15.3 Å². The van der Waals surface area contributed by atoms with Crippen molar-refractivity contribution in [3.8, 4) is 0 Å². The molecule has 0 spiro atoms. The van der Waals surface area contributed by atoms with E-state index in [1.807, 2.05) is 0 Å². The van der Waals surface area contributed by atoms with Gasteiger partial charge in [-0.25, -0.2) is 4.98 Å². The molecule has 4 rings (SSSR count). The van der Waals surface area contributed by atoms with Crippen LogP contribution in [0.1, 0.15) is 25.5 Å². The number of rotatable bonds is 2. The van der Waals surface area contributed by atoms with Gasteiger partial charge in [0.2, 0.25) is 5.95 Å². The van der Waals surface area contributed by atoms with Crippen LogP contribution >= 0.6 is 0 Å². The molecule has 3 aliphatic heterocycles. The third-order valence-electron chi connectivity index (χ3n) is 5.66. The molecule has 3 aliphatic rings. The summed E-state index contributed by atoms with van der Waals surface area (Å²) >= 11 is 0. The highest BCUT2D eigenvalue weighted by molar-refractivity contribution is 5.46. The summed E-state index contributed by atoms with van der Waals surface area (Å²) in [6.07, 6.45) is 2.00. The molecule has 0 unspecified atom stereocenters. The second-order valence-electron chi connectivity index (χ2n) is 7.23. The fourth-order valence-electron chi connectivity index (χ4n) is 4.04. The topological polar surface area (TPSA) is 76.3 Å². The van der Waals surface area contributed by atoms with Crippen molar-refractivity contribution < 1.29 is 4.74 Å². The first-order chi connectivity index (χ1) is 10.6. The number of ether oxygens (including phenoxy) is 1. The molecule has 3 N–H and O–H groups in total. The molecule has 0 bridgehead atoms. The molecule has 2 atom stereocenters. The minimum Gasteiger partial charge on any atom is -0.381 e. The summed E-state index contributed by atoms with van der Waals surface area (Å²) in [6.45, 7) is 8.28. The molecule has 22 heavy (non-hydrogen) atoms. The van der Waals surface area contributed by atoms with Crippen molar-refractivity contribution in [2.24, 2.45) is 11.8 Å². The molecule has 3 saturated heterocycles. The zero-order valence-corrected chi connectivity index (χ0v) is 13.2. The normalized spacial score (nSPS) is 30.5. The van der Waals surface area contributed by atoms with Crippen molar-refractivity contribution in [3.05, 3.63) is 11.8 Å². The lowest BCUT2D eigenvalue weighted by atomic mass is 9.79. The Morgan fingerprint density at radius 3 is 2.59 bits per heavy atom. The summed E-state index contributed by atoms with van der Waals surface area (Å²) in [5, 5.41) is 3.48. The Kier molecular flexibility index (Phi) is 3.46. The molecule has 1 aromatic heterocycles. The summed E-state index contributed by atoms with van der Waals surface area (Å²) in [5.41, 5.74) is 7.15. The summed E-state index contributed by atoms with van der Waals surface area (Å²) in [6, 6.07) is 2.16. The molecule has 0 amide bonds. The second-order valence-corrected chi connectivity index (χ2v) is 7.23. The van der Waals surface area contributed by atoms with Crippen molar-refractivity contribution in [2.75, 3.05) is 50.0 Å². The van der Waals surface area contributed by atoms with Gasteiger partial charge in [-0.15, -0.1) is 0 Å². The predicted octanol–water partition coefficient (Wildman–Crippen LogP) is 0.783. The van der Waals surface area contributed by atoms with E-state index in [1.54, 1.807) is 0 Å². The summed E-state index contributed by atoms with van der Waals surface area (Å²) < 4.78 is 5.50.